The molecule has 4 heteroatoms. The van der Waals surface area contributed by atoms with Crippen LogP contribution < -0.4 is 0 Å². The first-order valence-corrected chi connectivity index (χ1v) is 8.51. The Kier molecular flexibility index (Phi) is 4.23. The fourth-order valence-corrected chi connectivity index (χ4v) is 2.74. The zero-order valence-electron chi connectivity index (χ0n) is 14.7. The smallest absolute Gasteiger partial charge is 0.113 e. The van der Waals surface area contributed by atoms with E-state index in [4.69, 9.17) is 0 Å². The van der Waals surface area contributed by atoms with Crippen molar-refractivity contribution in [3.8, 4) is 33.8 Å². The van der Waals surface area contributed by atoms with Gasteiger partial charge in [-0.05, 0) is 49.2 Å². The lowest BCUT2D eigenvalue weighted by Crippen LogP contribution is -1.94. The lowest BCUT2D eigenvalue weighted by atomic mass is 10.0. The first kappa shape index (κ1) is 16.1. The molecule has 0 aliphatic rings. The average Bonchev–Trinajstić information content (AvgIpc) is 2.70. The van der Waals surface area contributed by atoms with Crippen molar-refractivity contribution in [2.75, 3.05) is 0 Å². The maximum atomic E-state index is 4.34. The van der Waals surface area contributed by atoms with E-state index in [0.29, 0.717) is 0 Å². The Balaban J connectivity index is 1.57. The number of rotatable bonds is 3. The van der Waals surface area contributed by atoms with Crippen molar-refractivity contribution in [1.82, 2.24) is 20.4 Å². The number of aromatic nitrogens is 4. The number of hydrogen-bond donors (Lipinski definition) is 0. The van der Waals surface area contributed by atoms with Crippen molar-refractivity contribution in [3.05, 3.63) is 84.1 Å². The molecule has 0 aliphatic carbocycles. The van der Waals surface area contributed by atoms with Crippen molar-refractivity contribution in [3.63, 3.8) is 0 Å². The molecule has 0 amide bonds. The summed E-state index contributed by atoms with van der Waals surface area (Å²) in [6.07, 6.45) is 0. The van der Waals surface area contributed by atoms with E-state index >= 15 is 0 Å². The second kappa shape index (κ2) is 6.84. The van der Waals surface area contributed by atoms with Gasteiger partial charge in [0.15, 0.2) is 0 Å². The van der Waals surface area contributed by atoms with Crippen molar-refractivity contribution in [2.24, 2.45) is 0 Å². The Bertz CT molecular complexity index is 917. The van der Waals surface area contributed by atoms with Crippen molar-refractivity contribution in [2.45, 2.75) is 13.8 Å². The van der Waals surface area contributed by atoms with Crippen LogP contribution in [0.5, 0.6) is 0 Å². The zero-order valence-corrected chi connectivity index (χ0v) is 14.7. The minimum absolute atomic E-state index is 0.720. The van der Waals surface area contributed by atoms with E-state index in [-0.39, 0.29) is 0 Å². The molecular weight excluding hydrogens is 320 g/mol. The van der Waals surface area contributed by atoms with E-state index in [9.17, 15) is 0 Å². The molecule has 2 heterocycles. The Morgan fingerprint density at radius 3 is 1.42 bits per heavy atom. The molecular formula is C22H18N4. The molecule has 126 valence electrons. The van der Waals surface area contributed by atoms with E-state index < -0.39 is 0 Å². The largest absolute Gasteiger partial charge is 0.155 e. The molecule has 2 aromatic heterocycles. The summed E-state index contributed by atoms with van der Waals surface area (Å²) >= 11 is 0. The van der Waals surface area contributed by atoms with E-state index in [1.165, 1.54) is 16.7 Å². The maximum Gasteiger partial charge on any atom is 0.113 e. The van der Waals surface area contributed by atoms with Crippen LogP contribution in [0.15, 0.2) is 72.8 Å². The van der Waals surface area contributed by atoms with Gasteiger partial charge in [-0.25, -0.2) is 0 Å². The highest BCUT2D eigenvalue weighted by molar-refractivity contribution is 5.69. The third kappa shape index (κ3) is 3.35. The molecule has 0 radical (unpaired) electrons. The van der Waals surface area contributed by atoms with Gasteiger partial charge in [-0.1, -0.05) is 54.1 Å². The third-order valence-electron chi connectivity index (χ3n) is 4.29. The van der Waals surface area contributed by atoms with Crippen molar-refractivity contribution >= 4 is 0 Å². The van der Waals surface area contributed by atoms with Gasteiger partial charge < -0.3 is 0 Å². The molecule has 0 saturated carbocycles. The molecule has 4 aromatic rings. The van der Waals surface area contributed by atoms with Crippen LogP contribution >= 0.6 is 0 Å². The molecule has 4 nitrogen and oxygen atoms in total. The van der Waals surface area contributed by atoms with Crippen LogP contribution in [0.3, 0.4) is 0 Å². The second-order valence-corrected chi connectivity index (χ2v) is 6.31. The predicted molar refractivity (Wildman–Crippen MR) is 103 cm³/mol. The van der Waals surface area contributed by atoms with Gasteiger partial charge in [0, 0.05) is 5.56 Å². The molecule has 4 rings (SSSR count). The predicted octanol–water partition coefficient (Wildman–Crippen LogP) is 4.88. The molecule has 0 bridgehead atoms. The van der Waals surface area contributed by atoms with Gasteiger partial charge in [0.2, 0.25) is 0 Å². The number of benzene rings is 2. The summed E-state index contributed by atoms with van der Waals surface area (Å²) < 4.78 is 0. The van der Waals surface area contributed by atoms with E-state index in [1.807, 2.05) is 31.2 Å². The SMILES string of the molecule is Cc1ccc(-c2ccc(-c3ccc(-c4ccc(C)nn4)nn3)cc2)cc1. The quantitative estimate of drug-likeness (QED) is 0.534. The molecule has 0 atom stereocenters. The lowest BCUT2D eigenvalue weighted by Gasteiger charge is -2.05. The highest BCUT2D eigenvalue weighted by atomic mass is 15.1. The average molecular weight is 338 g/mol. The monoisotopic (exact) mass is 338 g/mol. The summed E-state index contributed by atoms with van der Waals surface area (Å²) in [6.45, 7) is 4.00. The van der Waals surface area contributed by atoms with Gasteiger partial charge in [0.05, 0.1) is 11.4 Å². The minimum Gasteiger partial charge on any atom is -0.155 e. The summed E-state index contributed by atoms with van der Waals surface area (Å²) in [5.41, 5.74) is 7.86. The molecule has 0 N–H and O–H groups in total. The summed E-state index contributed by atoms with van der Waals surface area (Å²) in [4.78, 5) is 0. The highest BCUT2D eigenvalue weighted by Crippen LogP contribution is 2.24. The van der Waals surface area contributed by atoms with Crippen LogP contribution in [0.4, 0.5) is 0 Å². The van der Waals surface area contributed by atoms with E-state index in [0.717, 1.165) is 28.3 Å². The summed E-state index contributed by atoms with van der Waals surface area (Å²) in [7, 11) is 0. The van der Waals surface area contributed by atoms with Gasteiger partial charge >= 0.3 is 0 Å². The van der Waals surface area contributed by atoms with Crippen LogP contribution in [-0.4, -0.2) is 20.4 Å². The van der Waals surface area contributed by atoms with Gasteiger partial charge in [0.1, 0.15) is 11.4 Å². The first-order chi connectivity index (χ1) is 12.7. The van der Waals surface area contributed by atoms with Crippen molar-refractivity contribution in [1.29, 1.82) is 0 Å². The van der Waals surface area contributed by atoms with Gasteiger partial charge in [0.25, 0.3) is 0 Å². The van der Waals surface area contributed by atoms with Gasteiger partial charge in [-0.2, -0.15) is 5.10 Å². The summed E-state index contributed by atoms with van der Waals surface area (Å²) in [6, 6.07) is 24.6. The van der Waals surface area contributed by atoms with E-state index in [1.54, 1.807) is 0 Å². The van der Waals surface area contributed by atoms with E-state index in [2.05, 4.69) is 75.8 Å². The molecule has 0 saturated heterocycles. The number of nitrogens with zero attached hydrogens (tertiary/aromatic N) is 4. The van der Waals surface area contributed by atoms with Crippen LogP contribution in [0.2, 0.25) is 0 Å². The topological polar surface area (TPSA) is 51.6 Å². The van der Waals surface area contributed by atoms with Crippen LogP contribution in [0.1, 0.15) is 11.3 Å². The van der Waals surface area contributed by atoms with Crippen molar-refractivity contribution < 1.29 is 0 Å². The molecule has 2 aromatic carbocycles. The minimum atomic E-state index is 0.720. The third-order valence-corrected chi connectivity index (χ3v) is 4.29. The Labute approximate surface area is 152 Å². The highest BCUT2D eigenvalue weighted by Gasteiger charge is 2.05. The summed E-state index contributed by atoms with van der Waals surface area (Å²) in [5, 5.41) is 16.8. The van der Waals surface area contributed by atoms with Crippen LogP contribution in [0.25, 0.3) is 33.8 Å². The fraction of sp³-hybridized carbons (Fsp3) is 0.0909. The Morgan fingerprint density at radius 2 is 0.885 bits per heavy atom. The standard InChI is InChI=1S/C22H18N4/c1-15-3-6-17(7-4-15)18-8-10-19(11-9-18)20-13-14-22(26-24-20)21-12-5-16(2)23-25-21/h3-14H,1-2H3. The molecule has 0 spiro atoms. The normalized spacial score (nSPS) is 10.7. The Hall–Kier alpha value is -3.40. The fourth-order valence-electron chi connectivity index (χ4n) is 2.74. The maximum absolute atomic E-state index is 4.34. The lowest BCUT2D eigenvalue weighted by molar-refractivity contribution is 0.963. The van der Waals surface area contributed by atoms with Gasteiger partial charge in [-0.15, -0.1) is 15.3 Å². The summed E-state index contributed by atoms with van der Waals surface area (Å²) in [5.74, 6) is 0. The number of aryl methyl sites for hydroxylation is 2. The molecule has 26 heavy (non-hydrogen) atoms. The zero-order chi connectivity index (χ0) is 17.9. The van der Waals surface area contributed by atoms with Crippen LogP contribution in [0, 0.1) is 13.8 Å². The molecule has 0 unspecified atom stereocenters. The first-order valence-electron chi connectivity index (χ1n) is 8.51. The van der Waals surface area contributed by atoms with Gasteiger partial charge in [-0.3, -0.25) is 0 Å². The van der Waals surface area contributed by atoms with Crippen LogP contribution in [-0.2, 0) is 0 Å². The molecule has 0 aliphatic heterocycles. The number of hydrogen-bond acceptors (Lipinski definition) is 4. The Morgan fingerprint density at radius 1 is 0.423 bits per heavy atom. The second-order valence-electron chi connectivity index (χ2n) is 6.31. The molecule has 0 fully saturated rings.